The fraction of sp³-hybridized carbons (Fsp3) is 0.500. The van der Waals surface area contributed by atoms with E-state index in [2.05, 4.69) is 0 Å². The third-order valence-corrected chi connectivity index (χ3v) is 4.07. The Labute approximate surface area is 134 Å². The van der Waals surface area contributed by atoms with E-state index < -0.39 is 22.2 Å². The highest BCUT2D eigenvalue weighted by atomic mass is 16.6. The maximum atomic E-state index is 12.5. The van der Waals surface area contributed by atoms with E-state index in [0.717, 1.165) is 0 Å². The highest BCUT2D eigenvalue weighted by molar-refractivity contribution is 5.95. The summed E-state index contributed by atoms with van der Waals surface area (Å²) in [5.41, 5.74) is 0.281. The molecule has 0 spiro atoms. The van der Waals surface area contributed by atoms with Crippen LogP contribution < -0.4 is 0 Å². The quantitative estimate of drug-likeness (QED) is 0.681. The molecular formula is C16H20N2O5. The van der Waals surface area contributed by atoms with Gasteiger partial charge in [-0.3, -0.25) is 19.7 Å². The van der Waals surface area contributed by atoms with Crippen molar-refractivity contribution in [2.24, 2.45) is 5.92 Å². The summed E-state index contributed by atoms with van der Waals surface area (Å²) >= 11 is 0. The zero-order chi connectivity index (χ0) is 17.4. The van der Waals surface area contributed by atoms with Crippen LogP contribution in [0, 0.1) is 16.0 Å². The number of nitro benzene ring substituents is 1. The molecule has 0 radical (unpaired) electrons. The zero-order valence-corrected chi connectivity index (χ0v) is 13.4. The lowest BCUT2D eigenvalue weighted by Crippen LogP contribution is -2.30. The van der Waals surface area contributed by atoms with Crippen molar-refractivity contribution in [3.63, 3.8) is 0 Å². The lowest BCUT2D eigenvalue weighted by atomic mass is 9.85. The molecule has 1 N–H and O–H groups in total. The molecule has 0 bridgehead atoms. The molecule has 1 fully saturated rings. The van der Waals surface area contributed by atoms with Crippen LogP contribution >= 0.6 is 0 Å². The van der Waals surface area contributed by atoms with Gasteiger partial charge < -0.3 is 10.0 Å². The Morgan fingerprint density at radius 2 is 2.00 bits per heavy atom. The van der Waals surface area contributed by atoms with E-state index in [0.29, 0.717) is 18.5 Å². The minimum Gasteiger partial charge on any atom is -0.481 e. The van der Waals surface area contributed by atoms with Crippen LogP contribution in [0.25, 0.3) is 0 Å². The molecule has 1 aliphatic rings. The van der Waals surface area contributed by atoms with Crippen LogP contribution in [-0.2, 0) is 10.2 Å². The second-order valence-electron chi connectivity index (χ2n) is 6.81. The molecule has 7 nitrogen and oxygen atoms in total. The number of rotatable bonds is 3. The molecule has 0 saturated carbocycles. The topological polar surface area (TPSA) is 101 Å². The van der Waals surface area contributed by atoms with Crippen LogP contribution in [0.4, 0.5) is 5.69 Å². The number of amides is 1. The molecule has 2 rings (SSSR count). The summed E-state index contributed by atoms with van der Waals surface area (Å²) < 4.78 is 0. The first-order valence-corrected chi connectivity index (χ1v) is 7.42. The number of likely N-dealkylation sites (tertiary alicyclic amines) is 1. The van der Waals surface area contributed by atoms with E-state index in [-0.39, 0.29) is 23.7 Å². The Kier molecular flexibility index (Phi) is 4.40. The molecule has 1 saturated heterocycles. The summed E-state index contributed by atoms with van der Waals surface area (Å²) in [7, 11) is 0. The average molecular weight is 320 g/mol. The molecule has 124 valence electrons. The molecule has 1 atom stereocenters. The van der Waals surface area contributed by atoms with Crippen molar-refractivity contribution in [3.05, 3.63) is 39.4 Å². The van der Waals surface area contributed by atoms with Gasteiger partial charge in [-0.15, -0.1) is 0 Å². The number of carbonyl (C=O) groups excluding carboxylic acids is 1. The van der Waals surface area contributed by atoms with Gasteiger partial charge in [0.15, 0.2) is 0 Å². The maximum absolute atomic E-state index is 12.5. The van der Waals surface area contributed by atoms with Gasteiger partial charge in [0.25, 0.3) is 11.6 Å². The first kappa shape index (κ1) is 16.9. The van der Waals surface area contributed by atoms with Crippen molar-refractivity contribution in [2.75, 3.05) is 13.1 Å². The van der Waals surface area contributed by atoms with Gasteiger partial charge in [-0.25, -0.2) is 0 Å². The van der Waals surface area contributed by atoms with Gasteiger partial charge in [-0.05, 0) is 17.9 Å². The lowest BCUT2D eigenvalue weighted by molar-refractivity contribution is -0.386. The summed E-state index contributed by atoms with van der Waals surface area (Å²) in [6.45, 7) is 6.10. The number of nitro groups is 1. The van der Waals surface area contributed by atoms with E-state index in [1.807, 2.05) is 20.8 Å². The molecule has 0 aromatic heterocycles. The Morgan fingerprint density at radius 3 is 2.48 bits per heavy atom. The largest absolute Gasteiger partial charge is 0.481 e. The first-order chi connectivity index (χ1) is 10.6. The van der Waals surface area contributed by atoms with Crippen molar-refractivity contribution in [1.29, 1.82) is 0 Å². The van der Waals surface area contributed by atoms with Crippen molar-refractivity contribution in [1.82, 2.24) is 4.90 Å². The Morgan fingerprint density at radius 1 is 1.35 bits per heavy atom. The summed E-state index contributed by atoms with van der Waals surface area (Å²) in [6, 6.07) is 4.47. The Hall–Kier alpha value is -2.44. The zero-order valence-electron chi connectivity index (χ0n) is 13.4. The number of aliphatic carboxylic acids is 1. The number of nitrogens with zero attached hydrogens (tertiary/aromatic N) is 2. The molecular weight excluding hydrogens is 300 g/mol. The number of carbonyl (C=O) groups is 2. The van der Waals surface area contributed by atoms with E-state index in [9.17, 15) is 19.7 Å². The van der Waals surface area contributed by atoms with Crippen LogP contribution in [0.15, 0.2) is 18.2 Å². The maximum Gasteiger partial charge on any atom is 0.308 e. The number of benzene rings is 1. The SMILES string of the molecule is CC(C)(C)c1ccc(C(=O)N2CCC(C(=O)O)C2)cc1[N+](=O)[O-]. The van der Waals surface area contributed by atoms with E-state index in [4.69, 9.17) is 5.11 Å². The van der Waals surface area contributed by atoms with E-state index >= 15 is 0 Å². The summed E-state index contributed by atoms with van der Waals surface area (Å²) in [5, 5.41) is 20.3. The van der Waals surface area contributed by atoms with Gasteiger partial charge in [-0.1, -0.05) is 26.8 Å². The van der Waals surface area contributed by atoms with Gasteiger partial charge in [0.2, 0.25) is 0 Å². The number of carboxylic acid groups (broad SMARTS) is 1. The van der Waals surface area contributed by atoms with Gasteiger partial charge in [0, 0.05) is 30.3 Å². The number of carboxylic acids is 1. The number of hydrogen-bond acceptors (Lipinski definition) is 4. The molecule has 1 unspecified atom stereocenters. The summed E-state index contributed by atoms with van der Waals surface area (Å²) in [5.74, 6) is -1.85. The minimum absolute atomic E-state index is 0.0858. The molecule has 0 aliphatic carbocycles. The summed E-state index contributed by atoms with van der Waals surface area (Å²) in [6.07, 6.45) is 0.406. The van der Waals surface area contributed by atoms with Crippen molar-refractivity contribution in [3.8, 4) is 0 Å². The van der Waals surface area contributed by atoms with Crippen LogP contribution in [0.1, 0.15) is 43.1 Å². The van der Waals surface area contributed by atoms with Crippen LogP contribution in [-0.4, -0.2) is 39.9 Å². The third-order valence-electron chi connectivity index (χ3n) is 4.07. The first-order valence-electron chi connectivity index (χ1n) is 7.42. The van der Waals surface area contributed by atoms with Crippen molar-refractivity contribution < 1.29 is 19.6 Å². The van der Waals surface area contributed by atoms with Crippen molar-refractivity contribution >= 4 is 17.6 Å². The second kappa shape index (κ2) is 5.98. The molecule has 1 amide bonds. The van der Waals surface area contributed by atoms with Crippen LogP contribution in [0.2, 0.25) is 0 Å². The number of hydrogen-bond donors (Lipinski definition) is 1. The van der Waals surface area contributed by atoms with Crippen molar-refractivity contribution in [2.45, 2.75) is 32.6 Å². The fourth-order valence-electron chi connectivity index (χ4n) is 2.78. The minimum atomic E-state index is -0.922. The summed E-state index contributed by atoms with van der Waals surface area (Å²) in [4.78, 5) is 35.7. The normalized spacial score (nSPS) is 18.0. The lowest BCUT2D eigenvalue weighted by Gasteiger charge is -2.20. The molecule has 23 heavy (non-hydrogen) atoms. The third kappa shape index (κ3) is 3.49. The standard InChI is InChI=1S/C16H20N2O5/c1-16(2,3)12-5-4-10(8-13(12)18(22)23)14(19)17-7-6-11(9-17)15(20)21/h4-5,8,11H,6-7,9H2,1-3H3,(H,20,21). The van der Waals surface area contributed by atoms with E-state index in [1.165, 1.54) is 11.0 Å². The smallest absolute Gasteiger partial charge is 0.308 e. The van der Waals surface area contributed by atoms with Crippen LogP contribution in [0.5, 0.6) is 0 Å². The predicted octanol–water partition coefficient (Wildman–Crippen LogP) is 2.44. The van der Waals surface area contributed by atoms with E-state index in [1.54, 1.807) is 12.1 Å². The van der Waals surface area contributed by atoms with Gasteiger partial charge in [0.1, 0.15) is 0 Å². The highest BCUT2D eigenvalue weighted by Crippen LogP contribution is 2.32. The van der Waals surface area contributed by atoms with Gasteiger partial charge >= 0.3 is 5.97 Å². The molecule has 1 aliphatic heterocycles. The average Bonchev–Trinajstić information content (AvgIpc) is 2.94. The molecule has 1 heterocycles. The fourth-order valence-corrected chi connectivity index (χ4v) is 2.78. The van der Waals surface area contributed by atoms with Gasteiger partial charge in [-0.2, -0.15) is 0 Å². The second-order valence-corrected chi connectivity index (χ2v) is 6.81. The molecule has 7 heteroatoms. The predicted molar refractivity (Wildman–Crippen MR) is 83.4 cm³/mol. The Bertz CT molecular complexity index is 663. The highest BCUT2D eigenvalue weighted by Gasteiger charge is 2.32. The molecule has 1 aromatic rings. The van der Waals surface area contributed by atoms with Crippen LogP contribution in [0.3, 0.4) is 0 Å². The molecule has 1 aromatic carbocycles. The monoisotopic (exact) mass is 320 g/mol. The van der Waals surface area contributed by atoms with Gasteiger partial charge in [0.05, 0.1) is 10.8 Å². The Balaban J connectivity index is 2.31.